The van der Waals surface area contributed by atoms with Crippen molar-refractivity contribution in [3.63, 3.8) is 0 Å². The fourth-order valence-corrected chi connectivity index (χ4v) is 1.34. The van der Waals surface area contributed by atoms with Crippen LogP contribution in [0.2, 0.25) is 0 Å². The first-order valence-electron chi connectivity index (χ1n) is 3.85. The molecule has 0 aromatic heterocycles. The molecule has 2 unspecified atom stereocenters. The number of rotatable bonds is 3. The van der Waals surface area contributed by atoms with Gasteiger partial charge in [0.25, 0.3) is 5.85 Å². The molecule has 0 bridgehead atoms. The van der Waals surface area contributed by atoms with E-state index in [0.29, 0.717) is 26.3 Å². The Hall–Kier alpha value is -0.0600. The molecule has 0 amide bonds. The molecule has 0 radical (unpaired) electrons. The smallest absolute Gasteiger partial charge is 0.379 e. The molecule has 5 nitrogen and oxygen atoms in total. The summed E-state index contributed by atoms with van der Waals surface area (Å²) in [5.41, 5.74) is 0. The summed E-state index contributed by atoms with van der Waals surface area (Å²) in [7, 11) is -1.99. The summed E-state index contributed by atoms with van der Waals surface area (Å²) >= 11 is 0. The van der Waals surface area contributed by atoms with Crippen molar-refractivity contribution in [2.24, 2.45) is 0 Å². The van der Waals surface area contributed by atoms with Crippen LogP contribution in [0.3, 0.4) is 0 Å². The number of hydroxylamine groups is 2. The van der Waals surface area contributed by atoms with E-state index in [1.165, 1.54) is 6.92 Å². The average molecular weight is 194 g/mol. The van der Waals surface area contributed by atoms with Crippen LogP contribution in [-0.4, -0.2) is 42.3 Å². The molecule has 2 atom stereocenters. The van der Waals surface area contributed by atoms with Crippen molar-refractivity contribution in [2.45, 2.75) is 12.8 Å². The summed E-state index contributed by atoms with van der Waals surface area (Å²) in [6, 6.07) is 0. The van der Waals surface area contributed by atoms with Crippen LogP contribution in [0.5, 0.6) is 0 Å². The van der Waals surface area contributed by atoms with Crippen molar-refractivity contribution in [1.82, 2.24) is 5.06 Å². The number of hydrogen-bond donors (Lipinski definition) is 1. The summed E-state index contributed by atoms with van der Waals surface area (Å²) in [5, 5.41) is 10.4. The second-order valence-corrected chi connectivity index (χ2v) is 4.02. The molecule has 0 aromatic rings. The summed E-state index contributed by atoms with van der Waals surface area (Å²) in [6.07, 6.45) is 0. The number of morpholine rings is 1. The lowest BCUT2D eigenvalue weighted by Gasteiger charge is -2.20. The van der Waals surface area contributed by atoms with E-state index in [-0.39, 0.29) is 0 Å². The maximum atomic E-state index is 11.0. The molecule has 1 aliphatic rings. The largest absolute Gasteiger partial charge is 0.558 e. The Morgan fingerprint density at radius 2 is 2.17 bits per heavy atom. The standard InChI is InChI=1S/C6H13NO4P/c1-6(8)12(9)11-7-2-4-10-5-3-7/h6,8H,2-5H2,1H3/q+1. The zero-order valence-corrected chi connectivity index (χ0v) is 7.87. The zero-order chi connectivity index (χ0) is 8.97. The second-order valence-electron chi connectivity index (χ2n) is 2.54. The Morgan fingerprint density at radius 1 is 1.58 bits per heavy atom. The van der Waals surface area contributed by atoms with Gasteiger partial charge in [0.2, 0.25) is 0 Å². The molecule has 1 saturated heterocycles. The van der Waals surface area contributed by atoms with Gasteiger partial charge in [0, 0.05) is 6.92 Å². The molecule has 0 aliphatic carbocycles. The highest BCUT2D eigenvalue weighted by molar-refractivity contribution is 7.39. The van der Waals surface area contributed by atoms with Crippen molar-refractivity contribution in [2.75, 3.05) is 26.3 Å². The number of ether oxygens (including phenoxy) is 1. The van der Waals surface area contributed by atoms with Crippen LogP contribution in [0.25, 0.3) is 0 Å². The van der Waals surface area contributed by atoms with E-state index >= 15 is 0 Å². The molecule has 0 saturated carbocycles. The first kappa shape index (κ1) is 10.0. The Balaban J connectivity index is 2.24. The van der Waals surface area contributed by atoms with Crippen LogP contribution in [0, 0.1) is 0 Å². The molecule has 6 heteroatoms. The van der Waals surface area contributed by atoms with Crippen LogP contribution in [-0.2, 0) is 13.9 Å². The summed E-state index contributed by atoms with van der Waals surface area (Å²) in [4.78, 5) is 0. The molecule has 12 heavy (non-hydrogen) atoms. The van der Waals surface area contributed by atoms with Crippen molar-refractivity contribution in [3.05, 3.63) is 0 Å². The topological polar surface area (TPSA) is 59.0 Å². The lowest BCUT2D eigenvalue weighted by atomic mass is 10.5. The van der Waals surface area contributed by atoms with Gasteiger partial charge in [0.05, 0.1) is 26.3 Å². The highest BCUT2D eigenvalue weighted by Crippen LogP contribution is 2.28. The SMILES string of the molecule is CC(O)[P+](=O)ON1CCOCC1. The fourth-order valence-electron chi connectivity index (χ4n) is 0.810. The van der Waals surface area contributed by atoms with E-state index in [1.54, 1.807) is 5.06 Å². The van der Waals surface area contributed by atoms with E-state index in [9.17, 15) is 4.57 Å². The Morgan fingerprint density at radius 3 is 2.67 bits per heavy atom. The second kappa shape index (κ2) is 4.84. The van der Waals surface area contributed by atoms with Crippen LogP contribution >= 0.6 is 8.03 Å². The van der Waals surface area contributed by atoms with E-state index < -0.39 is 13.9 Å². The van der Waals surface area contributed by atoms with Crippen LogP contribution in [0.1, 0.15) is 6.92 Å². The minimum Gasteiger partial charge on any atom is -0.379 e. The third-order valence-electron chi connectivity index (χ3n) is 1.47. The Labute approximate surface area is 72.1 Å². The van der Waals surface area contributed by atoms with Gasteiger partial charge in [-0.3, -0.25) is 0 Å². The maximum absolute atomic E-state index is 11.0. The van der Waals surface area contributed by atoms with Crippen molar-refractivity contribution in [1.29, 1.82) is 0 Å². The third kappa shape index (κ3) is 3.13. The molecule has 1 heterocycles. The zero-order valence-electron chi connectivity index (χ0n) is 6.97. The quantitative estimate of drug-likeness (QED) is 0.656. The summed E-state index contributed by atoms with van der Waals surface area (Å²) in [5.74, 6) is -0.914. The monoisotopic (exact) mass is 194 g/mol. The molecule has 1 N–H and O–H groups in total. The lowest BCUT2D eigenvalue weighted by Crippen LogP contribution is -2.35. The number of aliphatic hydroxyl groups is 1. The van der Waals surface area contributed by atoms with Gasteiger partial charge in [-0.2, -0.15) is 0 Å². The fraction of sp³-hybridized carbons (Fsp3) is 1.00. The predicted octanol–water partition coefficient (Wildman–Crippen LogP) is 0.331. The van der Waals surface area contributed by atoms with Crippen molar-refractivity contribution in [3.8, 4) is 0 Å². The van der Waals surface area contributed by atoms with Crippen LogP contribution in [0.15, 0.2) is 0 Å². The van der Waals surface area contributed by atoms with E-state index in [0.717, 1.165) is 0 Å². The molecular formula is C6H13NO4P+. The summed E-state index contributed by atoms with van der Waals surface area (Å²) < 4.78 is 21.0. The first-order valence-corrected chi connectivity index (χ1v) is 5.10. The minimum atomic E-state index is -1.99. The lowest BCUT2D eigenvalue weighted by molar-refractivity contribution is -0.115. The van der Waals surface area contributed by atoms with Crippen LogP contribution < -0.4 is 0 Å². The minimum absolute atomic E-state index is 0.586. The van der Waals surface area contributed by atoms with E-state index in [4.69, 9.17) is 14.5 Å². The molecule has 0 aromatic carbocycles. The number of hydrogen-bond acceptors (Lipinski definition) is 5. The molecule has 1 fully saturated rings. The van der Waals surface area contributed by atoms with Gasteiger partial charge in [-0.25, -0.2) is 0 Å². The molecular weight excluding hydrogens is 181 g/mol. The van der Waals surface area contributed by atoms with E-state index in [2.05, 4.69) is 0 Å². The van der Waals surface area contributed by atoms with Crippen molar-refractivity contribution < 1.29 is 19.0 Å². The maximum Gasteiger partial charge on any atom is 0.558 e. The van der Waals surface area contributed by atoms with Gasteiger partial charge in [0.1, 0.15) is 0 Å². The van der Waals surface area contributed by atoms with Gasteiger partial charge in [0.15, 0.2) is 0 Å². The highest BCUT2D eigenvalue weighted by atomic mass is 31.1. The van der Waals surface area contributed by atoms with Gasteiger partial charge in [-0.1, -0.05) is 0 Å². The Bertz CT molecular complexity index is 158. The molecule has 1 aliphatic heterocycles. The van der Waals surface area contributed by atoms with Gasteiger partial charge >= 0.3 is 8.03 Å². The normalized spacial score (nSPS) is 23.7. The van der Waals surface area contributed by atoms with E-state index in [1.807, 2.05) is 0 Å². The first-order chi connectivity index (χ1) is 5.70. The Kier molecular flexibility index (Phi) is 4.05. The highest BCUT2D eigenvalue weighted by Gasteiger charge is 2.30. The molecule has 0 spiro atoms. The van der Waals surface area contributed by atoms with Gasteiger partial charge < -0.3 is 9.84 Å². The molecule has 1 rings (SSSR count). The summed E-state index contributed by atoms with van der Waals surface area (Å²) in [6.45, 7) is 3.83. The average Bonchev–Trinajstić information content (AvgIpc) is 2.06. The van der Waals surface area contributed by atoms with Crippen LogP contribution in [0.4, 0.5) is 0 Å². The molecule has 70 valence electrons. The predicted molar refractivity (Wildman–Crippen MR) is 42.8 cm³/mol. The van der Waals surface area contributed by atoms with Gasteiger partial charge in [-0.05, 0) is 9.19 Å². The van der Waals surface area contributed by atoms with Crippen molar-refractivity contribution >= 4 is 8.03 Å². The third-order valence-corrected chi connectivity index (χ3v) is 2.47. The number of nitrogens with zero attached hydrogens (tertiary/aromatic N) is 1. The number of aliphatic hydroxyl groups excluding tert-OH is 1. The van der Waals surface area contributed by atoms with Gasteiger partial charge in [-0.15, -0.1) is 5.06 Å².